The molecule has 2 aromatic rings. The van der Waals surface area contributed by atoms with E-state index in [0.717, 1.165) is 5.39 Å². The van der Waals surface area contributed by atoms with Crippen molar-refractivity contribution in [1.82, 2.24) is 4.98 Å². The van der Waals surface area contributed by atoms with Crippen LogP contribution in [-0.2, 0) is 0 Å². The number of thiophene rings is 1. The standard InChI is InChI=1S/C8H6N4S2/c9-1-3-4-2-14-7(11)5(4)6(10)12-8(3)13/h2,13H,11H2,(H2,10,12). The van der Waals surface area contributed by atoms with E-state index in [4.69, 9.17) is 16.7 Å². The number of nitrogen functional groups attached to an aromatic ring is 2. The molecule has 0 aliphatic rings. The van der Waals surface area contributed by atoms with Crippen molar-refractivity contribution in [3.63, 3.8) is 0 Å². The Morgan fingerprint density at radius 2 is 2.21 bits per heavy atom. The Morgan fingerprint density at radius 3 is 2.86 bits per heavy atom. The SMILES string of the molecule is N#Cc1c(S)nc(N)c2c(N)scc12. The molecule has 0 saturated heterocycles. The topological polar surface area (TPSA) is 88.7 Å². The first-order valence-electron chi connectivity index (χ1n) is 3.70. The first-order chi connectivity index (χ1) is 6.65. The molecule has 4 nitrogen and oxygen atoms in total. The van der Waals surface area contributed by atoms with E-state index in [1.165, 1.54) is 11.3 Å². The molecule has 6 heteroatoms. The Bertz CT molecular complexity index is 552. The maximum absolute atomic E-state index is 8.90. The van der Waals surface area contributed by atoms with Gasteiger partial charge in [-0.25, -0.2) is 4.98 Å². The quantitative estimate of drug-likeness (QED) is 0.591. The number of nitriles is 1. The molecule has 0 bridgehead atoms. The third-order valence-corrected chi connectivity index (χ3v) is 3.04. The predicted octanol–water partition coefficient (Wildman–Crippen LogP) is 1.62. The summed E-state index contributed by atoms with van der Waals surface area (Å²) < 4.78 is 0. The lowest BCUT2D eigenvalue weighted by Crippen LogP contribution is -1.96. The highest BCUT2D eigenvalue weighted by molar-refractivity contribution is 7.80. The fourth-order valence-corrected chi connectivity index (χ4v) is 2.37. The van der Waals surface area contributed by atoms with Crippen molar-refractivity contribution >= 4 is 45.6 Å². The van der Waals surface area contributed by atoms with Crippen LogP contribution in [0.1, 0.15) is 5.56 Å². The van der Waals surface area contributed by atoms with Crippen LogP contribution in [0.3, 0.4) is 0 Å². The number of pyridine rings is 1. The highest BCUT2D eigenvalue weighted by Crippen LogP contribution is 2.35. The monoisotopic (exact) mass is 222 g/mol. The second kappa shape index (κ2) is 3.04. The molecule has 0 aromatic carbocycles. The van der Waals surface area contributed by atoms with Gasteiger partial charge in [-0.05, 0) is 0 Å². The van der Waals surface area contributed by atoms with Crippen molar-refractivity contribution in [1.29, 1.82) is 5.26 Å². The van der Waals surface area contributed by atoms with Gasteiger partial charge in [-0.3, -0.25) is 0 Å². The summed E-state index contributed by atoms with van der Waals surface area (Å²) in [7, 11) is 0. The fraction of sp³-hybridized carbons (Fsp3) is 0. The second-order valence-corrected chi connectivity index (χ2v) is 4.03. The molecule has 0 spiro atoms. The Balaban J connectivity index is 3.02. The number of aromatic nitrogens is 1. The van der Waals surface area contributed by atoms with Crippen LogP contribution in [-0.4, -0.2) is 4.98 Å². The lowest BCUT2D eigenvalue weighted by atomic mass is 10.1. The molecule has 0 amide bonds. The van der Waals surface area contributed by atoms with Gasteiger partial charge in [0.2, 0.25) is 0 Å². The van der Waals surface area contributed by atoms with Gasteiger partial charge in [-0.2, -0.15) is 5.26 Å². The van der Waals surface area contributed by atoms with Crippen molar-refractivity contribution in [3.8, 4) is 6.07 Å². The molecule has 0 aliphatic heterocycles. The Kier molecular flexibility index (Phi) is 1.98. The summed E-state index contributed by atoms with van der Waals surface area (Å²) in [6.45, 7) is 0. The maximum Gasteiger partial charge on any atom is 0.135 e. The summed E-state index contributed by atoms with van der Waals surface area (Å²) in [4.78, 5) is 3.95. The summed E-state index contributed by atoms with van der Waals surface area (Å²) >= 11 is 5.43. The molecule has 0 saturated carbocycles. The van der Waals surface area contributed by atoms with Gasteiger partial charge in [0.1, 0.15) is 16.9 Å². The summed E-state index contributed by atoms with van der Waals surface area (Å²) in [5, 5.41) is 13.0. The first-order valence-corrected chi connectivity index (χ1v) is 5.03. The zero-order valence-electron chi connectivity index (χ0n) is 6.98. The largest absolute Gasteiger partial charge is 0.390 e. The molecular formula is C8H6N4S2. The number of thiol groups is 1. The van der Waals surface area contributed by atoms with Crippen molar-refractivity contribution in [2.24, 2.45) is 0 Å². The third kappa shape index (κ3) is 1.10. The van der Waals surface area contributed by atoms with Crippen molar-refractivity contribution in [2.75, 3.05) is 11.5 Å². The van der Waals surface area contributed by atoms with Crippen LogP contribution in [0.15, 0.2) is 10.4 Å². The van der Waals surface area contributed by atoms with E-state index >= 15 is 0 Å². The lowest BCUT2D eigenvalue weighted by Gasteiger charge is -2.01. The Morgan fingerprint density at radius 1 is 1.50 bits per heavy atom. The minimum Gasteiger partial charge on any atom is -0.390 e. The highest BCUT2D eigenvalue weighted by atomic mass is 32.1. The second-order valence-electron chi connectivity index (χ2n) is 2.70. The Labute approximate surface area is 89.6 Å². The number of anilines is 2. The van der Waals surface area contributed by atoms with Crippen LogP contribution in [0, 0.1) is 11.3 Å². The molecule has 0 aliphatic carbocycles. The van der Waals surface area contributed by atoms with E-state index in [0.29, 0.717) is 26.8 Å². The van der Waals surface area contributed by atoms with Crippen LogP contribution in [0.5, 0.6) is 0 Å². The number of hydrogen-bond acceptors (Lipinski definition) is 6. The van der Waals surface area contributed by atoms with Gasteiger partial charge in [-0.15, -0.1) is 24.0 Å². The summed E-state index contributed by atoms with van der Waals surface area (Å²) in [6, 6.07) is 2.04. The molecule has 14 heavy (non-hydrogen) atoms. The van der Waals surface area contributed by atoms with Crippen LogP contribution < -0.4 is 11.5 Å². The summed E-state index contributed by atoms with van der Waals surface area (Å²) in [5.41, 5.74) is 11.8. The van der Waals surface area contributed by atoms with E-state index in [1.54, 1.807) is 5.38 Å². The average Bonchev–Trinajstić information content (AvgIpc) is 2.49. The number of fused-ring (bicyclic) bond motifs is 1. The number of rotatable bonds is 0. The van der Waals surface area contributed by atoms with E-state index in [2.05, 4.69) is 17.6 Å². The third-order valence-electron chi connectivity index (χ3n) is 1.91. The number of nitrogens with zero attached hydrogens (tertiary/aromatic N) is 2. The van der Waals surface area contributed by atoms with Gasteiger partial charge in [-0.1, -0.05) is 0 Å². The summed E-state index contributed by atoms with van der Waals surface area (Å²) in [5.74, 6) is 0.322. The zero-order valence-corrected chi connectivity index (χ0v) is 8.69. The molecule has 0 atom stereocenters. The molecule has 4 N–H and O–H groups in total. The van der Waals surface area contributed by atoms with E-state index in [-0.39, 0.29) is 0 Å². The number of nitrogens with two attached hydrogens (primary N) is 2. The average molecular weight is 222 g/mol. The molecule has 2 rings (SSSR count). The van der Waals surface area contributed by atoms with Gasteiger partial charge in [0.15, 0.2) is 0 Å². The van der Waals surface area contributed by atoms with E-state index in [9.17, 15) is 0 Å². The van der Waals surface area contributed by atoms with Crippen LogP contribution in [0.25, 0.3) is 10.8 Å². The molecule has 2 heterocycles. The number of hydrogen-bond donors (Lipinski definition) is 3. The minimum atomic E-state index is 0.322. The van der Waals surface area contributed by atoms with Crippen molar-refractivity contribution in [2.45, 2.75) is 5.03 Å². The van der Waals surface area contributed by atoms with Crippen LogP contribution in [0.4, 0.5) is 10.8 Å². The maximum atomic E-state index is 8.90. The summed E-state index contributed by atoms with van der Waals surface area (Å²) in [6.07, 6.45) is 0. The van der Waals surface area contributed by atoms with E-state index < -0.39 is 0 Å². The van der Waals surface area contributed by atoms with E-state index in [1.807, 2.05) is 6.07 Å². The fourth-order valence-electron chi connectivity index (χ4n) is 1.28. The molecule has 0 radical (unpaired) electrons. The smallest absolute Gasteiger partial charge is 0.135 e. The Hall–Kier alpha value is -1.45. The molecule has 0 fully saturated rings. The van der Waals surface area contributed by atoms with Gasteiger partial charge in [0.05, 0.1) is 16.0 Å². The lowest BCUT2D eigenvalue weighted by molar-refractivity contribution is 1.16. The molecule has 2 aromatic heterocycles. The van der Waals surface area contributed by atoms with Gasteiger partial charge in [0, 0.05) is 10.8 Å². The minimum absolute atomic E-state index is 0.322. The van der Waals surface area contributed by atoms with Crippen LogP contribution in [0.2, 0.25) is 0 Å². The normalized spacial score (nSPS) is 10.3. The van der Waals surface area contributed by atoms with Gasteiger partial charge in [0.25, 0.3) is 0 Å². The van der Waals surface area contributed by atoms with Crippen molar-refractivity contribution < 1.29 is 0 Å². The molecule has 0 unspecified atom stereocenters. The molecular weight excluding hydrogens is 216 g/mol. The highest BCUT2D eigenvalue weighted by Gasteiger charge is 2.13. The van der Waals surface area contributed by atoms with Crippen LogP contribution >= 0.6 is 24.0 Å². The zero-order chi connectivity index (χ0) is 10.3. The van der Waals surface area contributed by atoms with Gasteiger partial charge >= 0.3 is 0 Å². The van der Waals surface area contributed by atoms with Crippen molar-refractivity contribution in [3.05, 3.63) is 10.9 Å². The first kappa shape index (κ1) is 9.12. The molecule has 70 valence electrons. The predicted molar refractivity (Wildman–Crippen MR) is 60.4 cm³/mol. The van der Waals surface area contributed by atoms with Gasteiger partial charge < -0.3 is 11.5 Å².